The summed E-state index contributed by atoms with van der Waals surface area (Å²) in [6.07, 6.45) is 0. The zero-order chi connectivity index (χ0) is 55.5. The standard InChI is InChI=1S/C72H102S/c1-47-39-53(65(5,6)7)61(54(40-47)66(8,9)10)73(51-35-31-29-32-36-51,52-37-33-30-34-38-52,62-55(67(11,12)13)41-48(2)42-56(62)68(14,15)16,63-57(69(17,18)19)43-49(3)44-58(63)70(20,21)22)64-59(71(23,24)25)45-50(4)46-60(64)72(26,27)28/h29-46H,1-28H3. The lowest BCUT2D eigenvalue weighted by atomic mass is 9.78. The highest BCUT2D eigenvalue weighted by Gasteiger charge is 2.76. The zero-order valence-electron chi connectivity index (χ0n) is 51.8. The molecule has 0 saturated heterocycles. The molecular weight excluding hydrogens is 897 g/mol. The van der Waals surface area contributed by atoms with Gasteiger partial charge >= 0.3 is 0 Å². The summed E-state index contributed by atoms with van der Waals surface area (Å²) in [6, 6.07) is 46.0. The largest absolute Gasteiger partial charge is 0.147 e. The first kappa shape index (κ1) is 57.9. The van der Waals surface area contributed by atoms with Crippen LogP contribution in [0.25, 0.3) is 0 Å². The molecule has 0 radical (unpaired) electrons. The molecule has 396 valence electrons. The molecular formula is C72H102S. The third kappa shape index (κ3) is 8.65. The Kier molecular flexibility index (Phi) is 14.0. The first-order valence-corrected chi connectivity index (χ1v) is 30.1. The van der Waals surface area contributed by atoms with Gasteiger partial charge in [0.05, 0.1) is 0 Å². The van der Waals surface area contributed by atoms with Gasteiger partial charge in [-0.25, -0.2) is 0 Å². The molecule has 0 spiro atoms. The molecule has 6 aromatic carbocycles. The van der Waals surface area contributed by atoms with Gasteiger partial charge in [-0.05, 0) is 150 Å². The van der Waals surface area contributed by atoms with Gasteiger partial charge in [-0.2, -0.15) is 0 Å². The van der Waals surface area contributed by atoms with Crippen LogP contribution in [0.3, 0.4) is 0 Å². The van der Waals surface area contributed by atoms with Crippen LogP contribution in [0.5, 0.6) is 0 Å². The summed E-state index contributed by atoms with van der Waals surface area (Å²) in [7, 11) is -5.66. The second-order valence-electron chi connectivity index (χ2n) is 30.9. The second kappa shape index (κ2) is 17.6. The molecule has 0 atom stereocenters. The summed E-state index contributed by atoms with van der Waals surface area (Å²) in [5, 5.41) is 0. The molecule has 0 N–H and O–H groups in total. The monoisotopic (exact) mass is 999 g/mol. The summed E-state index contributed by atoms with van der Waals surface area (Å²) in [6.45, 7) is 69.9. The van der Waals surface area contributed by atoms with Gasteiger partial charge in [0.2, 0.25) is 0 Å². The lowest BCUT2D eigenvalue weighted by molar-refractivity contribution is 0.516. The summed E-state index contributed by atoms with van der Waals surface area (Å²) >= 11 is 0. The van der Waals surface area contributed by atoms with E-state index in [-0.39, 0.29) is 43.3 Å². The highest BCUT2D eigenvalue weighted by molar-refractivity contribution is 8.65. The number of rotatable bonds is 6. The maximum Gasteiger partial charge on any atom is 0.00305 e. The number of hydrogen-bond donors (Lipinski definition) is 0. The van der Waals surface area contributed by atoms with Crippen molar-refractivity contribution in [2.75, 3.05) is 0 Å². The van der Waals surface area contributed by atoms with Crippen molar-refractivity contribution in [1.29, 1.82) is 0 Å². The first-order chi connectivity index (χ1) is 32.9. The van der Waals surface area contributed by atoms with E-state index in [0.29, 0.717) is 0 Å². The minimum atomic E-state index is -5.66. The van der Waals surface area contributed by atoms with Crippen molar-refractivity contribution in [2.24, 2.45) is 0 Å². The second-order valence-corrected chi connectivity index (χ2v) is 36.6. The van der Waals surface area contributed by atoms with Crippen molar-refractivity contribution in [2.45, 2.75) is 267 Å². The Hall–Kier alpha value is -4.33. The van der Waals surface area contributed by atoms with Crippen LogP contribution in [-0.4, -0.2) is 0 Å². The number of hydrogen-bond acceptors (Lipinski definition) is 0. The van der Waals surface area contributed by atoms with Crippen molar-refractivity contribution in [1.82, 2.24) is 0 Å². The summed E-state index contributed by atoms with van der Waals surface area (Å²) in [5.41, 5.74) is 13.7. The highest BCUT2D eigenvalue weighted by Crippen LogP contribution is 3.16. The van der Waals surface area contributed by atoms with Crippen molar-refractivity contribution < 1.29 is 0 Å². The van der Waals surface area contributed by atoms with Gasteiger partial charge in [-0.1, -0.05) is 273 Å². The van der Waals surface area contributed by atoms with E-state index in [4.69, 9.17) is 0 Å². The van der Waals surface area contributed by atoms with Crippen LogP contribution >= 0.6 is 8.29 Å². The molecule has 0 amide bonds. The summed E-state index contributed by atoms with van der Waals surface area (Å²) in [4.78, 5) is 8.69. The molecule has 0 heterocycles. The third-order valence-electron chi connectivity index (χ3n) is 16.1. The smallest absolute Gasteiger partial charge is 0.00305 e. The fraction of sp³-hybridized carbons (Fsp3) is 0.500. The van der Waals surface area contributed by atoms with Gasteiger partial charge in [0.1, 0.15) is 0 Å². The normalized spacial score (nSPS) is 14.8. The van der Waals surface area contributed by atoms with Crippen LogP contribution in [0.4, 0.5) is 0 Å². The predicted octanol–water partition coefficient (Wildman–Crippen LogP) is 21.8. The molecule has 0 nitrogen and oxygen atoms in total. The molecule has 0 bridgehead atoms. The maximum atomic E-state index is 2.65. The van der Waals surface area contributed by atoms with E-state index in [1.807, 2.05) is 0 Å². The summed E-state index contributed by atoms with van der Waals surface area (Å²) < 4.78 is 0. The quantitative estimate of drug-likeness (QED) is 0.156. The molecule has 0 aromatic heterocycles. The topological polar surface area (TPSA) is 0 Å². The first-order valence-electron chi connectivity index (χ1n) is 27.7. The molecule has 0 aliphatic heterocycles. The van der Waals surface area contributed by atoms with E-state index in [2.05, 4.69) is 303 Å². The highest BCUT2D eigenvalue weighted by atomic mass is 32.4. The van der Waals surface area contributed by atoms with Gasteiger partial charge in [0, 0.05) is 19.6 Å². The van der Waals surface area contributed by atoms with Crippen molar-refractivity contribution in [3.8, 4) is 0 Å². The molecule has 0 fully saturated rings. The molecule has 6 rings (SSSR count). The lowest BCUT2D eigenvalue weighted by Gasteiger charge is -2.85. The van der Waals surface area contributed by atoms with Gasteiger partial charge in [0.25, 0.3) is 0 Å². The Morgan fingerprint density at radius 3 is 0.479 bits per heavy atom. The third-order valence-corrected chi connectivity index (χ3v) is 24.8. The van der Waals surface area contributed by atoms with Crippen LogP contribution in [-0.2, 0) is 43.3 Å². The van der Waals surface area contributed by atoms with E-state index >= 15 is 0 Å². The molecule has 0 saturated carbocycles. The molecule has 1 heteroatoms. The number of benzene rings is 6. The minimum absolute atomic E-state index is 0.352. The van der Waals surface area contributed by atoms with Crippen LogP contribution < -0.4 is 0 Å². The van der Waals surface area contributed by atoms with Crippen molar-refractivity contribution in [3.63, 3.8) is 0 Å². The average molecular weight is 1000 g/mol. The molecule has 73 heavy (non-hydrogen) atoms. The van der Waals surface area contributed by atoms with E-state index in [9.17, 15) is 0 Å². The maximum absolute atomic E-state index is 5.66. The molecule has 0 aliphatic rings. The van der Waals surface area contributed by atoms with Crippen LogP contribution in [0.1, 0.15) is 233 Å². The number of aryl methyl sites for hydroxylation is 4. The molecule has 0 unspecified atom stereocenters. The lowest BCUT2D eigenvalue weighted by Crippen LogP contribution is -2.50. The van der Waals surface area contributed by atoms with Gasteiger partial charge in [0.15, 0.2) is 0 Å². The Balaban J connectivity index is 2.74. The van der Waals surface area contributed by atoms with E-state index in [0.717, 1.165) is 0 Å². The average Bonchev–Trinajstić information content (AvgIpc) is 3.22. The molecule has 6 aromatic rings. The van der Waals surface area contributed by atoms with Crippen LogP contribution in [0.15, 0.2) is 139 Å². The van der Waals surface area contributed by atoms with Crippen LogP contribution in [0, 0.1) is 27.7 Å². The SMILES string of the molecule is Cc1cc(C(C)(C)C)c(S(c2ccccc2)(c2ccccc2)(c2c(C(C)(C)C)cc(C)cc2C(C)(C)C)(c2c(C(C)(C)C)cc(C)cc2C(C)(C)C)c2c(C(C)(C)C)cc(C)cc2C(C)(C)C)c(C(C)(C)C)c1. The molecule has 0 aliphatic carbocycles. The fourth-order valence-corrected chi connectivity index (χ4v) is 25.3. The Morgan fingerprint density at radius 2 is 0.356 bits per heavy atom. The predicted molar refractivity (Wildman–Crippen MR) is 324 cm³/mol. The zero-order valence-corrected chi connectivity index (χ0v) is 52.6. The van der Waals surface area contributed by atoms with E-state index in [1.165, 1.54) is 96.1 Å². The van der Waals surface area contributed by atoms with Crippen molar-refractivity contribution >= 4 is 8.29 Å². The Morgan fingerprint density at radius 1 is 0.219 bits per heavy atom. The Labute approximate surface area is 448 Å². The minimum Gasteiger partial charge on any atom is -0.147 e. The Bertz CT molecular complexity index is 2530. The van der Waals surface area contributed by atoms with Crippen LogP contribution in [0.2, 0.25) is 0 Å². The van der Waals surface area contributed by atoms with Gasteiger partial charge in [-0.3, -0.25) is 0 Å². The van der Waals surface area contributed by atoms with Crippen molar-refractivity contribution in [3.05, 3.63) is 176 Å². The van der Waals surface area contributed by atoms with Gasteiger partial charge in [-0.15, -0.1) is 8.29 Å². The fourth-order valence-electron chi connectivity index (χ4n) is 13.0. The van der Waals surface area contributed by atoms with E-state index in [1.54, 1.807) is 0 Å². The van der Waals surface area contributed by atoms with E-state index < -0.39 is 8.29 Å². The van der Waals surface area contributed by atoms with Gasteiger partial charge < -0.3 is 0 Å². The summed E-state index contributed by atoms with van der Waals surface area (Å²) in [5.74, 6) is 0.